The van der Waals surface area contributed by atoms with Crippen LogP contribution in [0.3, 0.4) is 0 Å². The maximum atomic E-state index is 10.9. The normalized spacial score (nSPS) is 11.6. The van der Waals surface area contributed by atoms with E-state index in [1.807, 2.05) is 55.5 Å². The number of aryl methyl sites for hydroxylation is 1. The minimum Gasteiger partial charge on any atom is -0.507 e. The Morgan fingerprint density at radius 2 is 1.63 bits per heavy atom. The summed E-state index contributed by atoms with van der Waals surface area (Å²) in [6, 6.07) is 15.7. The van der Waals surface area contributed by atoms with Crippen molar-refractivity contribution in [2.75, 3.05) is 0 Å². The molecule has 0 unspecified atom stereocenters. The zero-order chi connectivity index (χ0) is 19.6. The number of phenols is 1. The molecular formula is C23H25ClN2O. The first-order chi connectivity index (χ1) is 12.7. The fourth-order valence-corrected chi connectivity index (χ4v) is 2.97. The standard InChI is InChI=1S/C23H25ClN2O/c1-15-5-6-17(13-25-15)21-12-18(16-7-9-20(24)10-8-16)11-19(22(21)27)14-26-23(2,3)4/h5-13,26-27H,14H2,1-4H3. The highest BCUT2D eigenvalue weighted by atomic mass is 35.5. The second-order valence-electron chi connectivity index (χ2n) is 7.83. The molecule has 2 N–H and O–H groups in total. The van der Waals surface area contributed by atoms with Crippen LogP contribution in [0.15, 0.2) is 54.7 Å². The second kappa shape index (κ2) is 7.71. The third-order valence-electron chi connectivity index (χ3n) is 4.40. The predicted molar refractivity (Wildman–Crippen MR) is 113 cm³/mol. The molecule has 0 aliphatic rings. The molecule has 0 radical (unpaired) electrons. The van der Waals surface area contributed by atoms with Crippen LogP contribution in [0.5, 0.6) is 5.75 Å². The van der Waals surface area contributed by atoms with Crippen LogP contribution in [0, 0.1) is 6.92 Å². The average Bonchev–Trinajstić information content (AvgIpc) is 2.62. The van der Waals surface area contributed by atoms with Crippen LogP contribution >= 0.6 is 11.6 Å². The van der Waals surface area contributed by atoms with Gasteiger partial charge in [0.1, 0.15) is 5.75 Å². The zero-order valence-corrected chi connectivity index (χ0v) is 16.9. The van der Waals surface area contributed by atoms with Gasteiger partial charge in [0.15, 0.2) is 0 Å². The lowest BCUT2D eigenvalue weighted by Crippen LogP contribution is -2.35. The highest BCUT2D eigenvalue weighted by molar-refractivity contribution is 6.30. The van der Waals surface area contributed by atoms with Crippen molar-refractivity contribution in [3.63, 3.8) is 0 Å². The molecular weight excluding hydrogens is 356 g/mol. The molecule has 140 valence electrons. The zero-order valence-electron chi connectivity index (χ0n) is 16.2. The van der Waals surface area contributed by atoms with Crippen LogP contribution in [0.2, 0.25) is 5.02 Å². The summed E-state index contributed by atoms with van der Waals surface area (Å²) in [5.74, 6) is 0.287. The SMILES string of the molecule is Cc1ccc(-c2cc(-c3ccc(Cl)cc3)cc(CNC(C)(C)C)c2O)cn1. The number of hydrogen-bond donors (Lipinski definition) is 2. The van der Waals surface area contributed by atoms with Gasteiger partial charge in [-0.15, -0.1) is 0 Å². The number of nitrogens with zero attached hydrogens (tertiary/aromatic N) is 1. The van der Waals surface area contributed by atoms with E-state index in [2.05, 4.69) is 31.1 Å². The summed E-state index contributed by atoms with van der Waals surface area (Å²) in [7, 11) is 0. The lowest BCUT2D eigenvalue weighted by atomic mass is 9.95. The summed E-state index contributed by atoms with van der Waals surface area (Å²) in [6.07, 6.45) is 1.80. The van der Waals surface area contributed by atoms with E-state index in [4.69, 9.17) is 11.6 Å². The molecule has 27 heavy (non-hydrogen) atoms. The Morgan fingerprint density at radius 3 is 2.22 bits per heavy atom. The third kappa shape index (κ3) is 4.88. The highest BCUT2D eigenvalue weighted by Gasteiger charge is 2.16. The molecule has 1 aromatic heterocycles. The van der Waals surface area contributed by atoms with Crippen LogP contribution in [0.25, 0.3) is 22.3 Å². The lowest BCUT2D eigenvalue weighted by Gasteiger charge is -2.22. The lowest BCUT2D eigenvalue weighted by molar-refractivity contribution is 0.412. The van der Waals surface area contributed by atoms with Crippen molar-refractivity contribution < 1.29 is 5.11 Å². The van der Waals surface area contributed by atoms with Crippen LogP contribution in [0.1, 0.15) is 32.0 Å². The molecule has 0 bridgehead atoms. The quantitative estimate of drug-likeness (QED) is 0.586. The van der Waals surface area contributed by atoms with Crippen molar-refractivity contribution in [1.82, 2.24) is 10.3 Å². The van der Waals surface area contributed by atoms with Gasteiger partial charge in [-0.1, -0.05) is 29.8 Å². The predicted octanol–water partition coefficient (Wildman–Crippen LogP) is 5.97. The number of benzene rings is 2. The van der Waals surface area contributed by atoms with E-state index >= 15 is 0 Å². The summed E-state index contributed by atoms with van der Waals surface area (Å²) in [4.78, 5) is 4.38. The fraction of sp³-hybridized carbons (Fsp3) is 0.261. The number of aromatic hydroxyl groups is 1. The molecule has 0 saturated carbocycles. The Morgan fingerprint density at radius 1 is 0.963 bits per heavy atom. The summed E-state index contributed by atoms with van der Waals surface area (Å²) in [6.45, 7) is 8.85. The van der Waals surface area contributed by atoms with Gasteiger partial charge < -0.3 is 10.4 Å². The Labute approximate surface area is 166 Å². The van der Waals surface area contributed by atoms with E-state index in [1.54, 1.807) is 6.20 Å². The molecule has 2 aromatic carbocycles. The molecule has 3 aromatic rings. The van der Waals surface area contributed by atoms with Crippen molar-refractivity contribution in [2.24, 2.45) is 0 Å². The Balaban J connectivity index is 2.11. The van der Waals surface area contributed by atoms with Crippen molar-refractivity contribution in [2.45, 2.75) is 39.8 Å². The molecule has 3 rings (SSSR count). The monoisotopic (exact) mass is 380 g/mol. The molecule has 0 atom stereocenters. The number of aromatic nitrogens is 1. The first-order valence-corrected chi connectivity index (χ1v) is 9.40. The first kappa shape index (κ1) is 19.4. The molecule has 0 aliphatic heterocycles. The topological polar surface area (TPSA) is 45.1 Å². The van der Waals surface area contributed by atoms with Gasteiger partial charge in [0.2, 0.25) is 0 Å². The van der Waals surface area contributed by atoms with Gasteiger partial charge in [0.05, 0.1) is 0 Å². The summed E-state index contributed by atoms with van der Waals surface area (Å²) in [5.41, 5.74) is 5.51. The largest absolute Gasteiger partial charge is 0.507 e. The van der Waals surface area contributed by atoms with Crippen LogP contribution in [0.4, 0.5) is 0 Å². The van der Waals surface area contributed by atoms with Crippen molar-refractivity contribution in [3.8, 4) is 28.0 Å². The summed E-state index contributed by atoms with van der Waals surface area (Å²) < 4.78 is 0. The fourth-order valence-electron chi connectivity index (χ4n) is 2.85. The van der Waals surface area contributed by atoms with Gasteiger partial charge >= 0.3 is 0 Å². The number of pyridine rings is 1. The number of hydrogen-bond acceptors (Lipinski definition) is 3. The number of rotatable bonds is 4. The molecule has 0 aliphatic carbocycles. The van der Waals surface area contributed by atoms with Gasteiger partial charge in [-0.2, -0.15) is 0 Å². The van der Waals surface area contributed by atoms with Crippen molar-refractivity contribution >= 4 is 11.6 Å². The van der Waals surface area contributed by atoms with E-state index < -0.39 is 0 Å². The minimum atomic E-state index is -0.0473. The summed E-state index contributed by atoms with van der Waals surface area (Å²) in [5, 5.41) is 15.1. The first-order valence-electron chi connectivity index (χ1n) is 9.03. The van der Waals surface area contributed by atoms with E-state index in [9.17, 15) is 5.11 Å². The second-order valence-corrected chi connectivity index (χ2v) is 8.27. The molecule has 1 heterocycles. The van der Waals surface area contributed by atoms with E-state index in [0.717, 1.165) is 33.5 Å². The van der Waals surface area contributed by atoms with Crippen LogP contribution in [-0.2, 0) is 6.54 Å². The number of halogens is 1. The smallest absolute Gasteiger partial charge is 0.127 e. The van der Waals surface area contributed by atoms with Crippen molar-refractivity contribution in [1.29, 1.82) is 0 Å². The maximum absolute atomic E-state index is 10.9. The Kier molecular flexibility index (Phi) is 5.54. The highest BCUT2D eigenvalue weighted by Crippen LogP contribution is 2.37. The van der Waals surface area contributed by atoms with Crippen LogP contribution in [-0.4, -0.2) is 15.6 Å². The molecule has 0 amide bonds. The van der Waals surface area contributed by atoms with Gasteiger partial charge in [-0.25, -0.2) is 0 Å². The van der Waals surface area contributed by atoms with Gasteiger partial charge in [-0.3, -0.25) is 4.98 Å². The van der Waals surface area contributed by atoms with Gasteiger partial charge in [0, 0.05) is 45.7 Å². The van der Waals surface area contributed by atoms with Crippen molar-refractivity contribution in [3.05, 3.63) is 71.0 Å². The molecule has 3 nitrogen and oxygen atoms in total. The van der Waals surface area contributed by atoms with E-state index in [-0.39, 0.29) is 11.3 Å². The maximum Gasteiger partial charge on any atom is 0.127 e. The molecule has 4 heteroatoms. The average molecular weight is 381 g/mol. The van der Waals surface area contributed by atoms with E-state index in [1.165, 1.54) is 0 Å². The minimum absolute atomic E-state index is 0.0473. The Bertz CT molecular complexity index is 926. The molecule has 0 fully saturated rings. The van der Waals surface area contributed by atoms with Gasteiger partial charge in [0.25, 0.3) is 0 Å². The number of phenolic OH excluding ortho intramolecular Hbond substituents is 1. The van der Waals surface area contributed by atoms with Crippen LogP contribution < -0.4 is 5.32 Å². The summed E-state index contributed by atoms with van der Waals surface area (Å²) >= 11 is 6.04. The molecule has 0 spiro atoms. The number of nitrogens with one attached hydrogen (secondary N) is 1. The van der Waals surface area contributed by atoms with Gasteiger partial charge in [-0.05, 0) is 69.2 Å². The molecule has 0 saturated heterocycles. The van der Waals surface area contributed by atoms with E-state index in [0.29, 0.717) is 11.6 Å². The Hall–Kier alpha value is -2.36. The third-order valence-corrected chi connectivity index (χ3v) is 4.65.